The minimum absolute atomic E-state index is 0.00693. The number of carbonyl (C=O) groups excluding carboxylic acids is 2. The molecule has 0 fully saturated rings. The van der Waals surface area contributed by atoms with E-state index in [0.717, 1.165) is 11.1 Å². The lowest BCUT2D eigenvalue weighted by Gasteiger charge is -2.20. The van der Waals surface area contributed by atoms with Gasteiger partial charge in [-0.25, -0.2) is 9.59 Å². The van der Waals surface area contributed by atoms with Gasteiger partial charge in [-0.3, -0.25) is 4.57 Å². The van der Waals surface area contributed by atoms with E-state index in [1.165, 1.54) is 14.2 Å². The Balaban J connectivity index is 1.97. The van der Waals surface area contributed by atoms with Crippen LogP contribution in [-0.2, 0) is 41.1 Å². The molecule has 0 aliphatic heterocycles. The molecule has 9 heteroatoms. The summed E-state index contributed by atoms with van der Waals surface area (Å²) in [6, 6.07) is 17.2. The van der Waals surface area contributed by atoms with E-state index in [2.05, 4.69) is 5.32 Å². The van der Waals surface area contributed by atoms with Crippen molar-refractivity contribution in [3.05, 3.63) is 71.8 Å². The van der Waals surface area contributed by atoms with Crippen molar-refractivity contribution >= 4 is 19.7 Å². The molecule has 162 valence electrons. The third-order valence-corrected chi connectivity index (χ3v) is 6.18. The molecule has 0 saturated heterocycles. The molecule has 0 bridgehead atoms. The van der Waals surface area contributed by atoms with Crippen LogP contribution in [0.5, 0.6) is 0 Å². The molecule has 1 amide bonds. The van der Waals surface area contributed by atoms with Crippen molar-refractivity contribution in [2.45, 2.75) is 25.7 Å². The second kappa shape index (κ2) is 12.1. The van der Waals surface area contributed by atoms with Gasteiger partial charge in [0.05, 0.1) is 6.16 Å². The Kier molecular flexibility index (Phi) is 9.54. The molecule has 2 aromatic carbocycles. The van der Waals surface area contributed by atoms with Gasteiger partial charge in [-0.1, -0.05) is 60.7 Å². The second-order valence-electron chi connectivity index (χ2n) is 6.34. The smallest absolute Gasteiger partial charge is 0.408 e. The van der Waals surface area contributed by atoms with Crippen LogP contribution < -0.4 is 5.32 Å². The molecule has 0 aromatic heterocycles. The maximum atomic E-state index is 12.6. The molecular formula is C21H26NO7P. The molecule has 1 N–H and O–H groups in total. The van der Waals surface area contributed by atoms with Gasteiger partial charge in [0, 0.05) is 14.2 Å². The number of hydrogen-bond donors (Lipinski definition) is 1. The van der Waals surface area contributed by atoms with Gasteiger partial charge in [-0.05, 0) is 17.5 Å². The molecule has 30 heavy (non-hydrogen) atoms. The highest BCUT2D eigenvalue weighted by molar-refractivity contribution is 7.53. The fraction of sp³-hybridized carbons (Fsp3) is 0.333. The minimum atomic E-state index is -3.36. The quantitative estimate of drug-likeness (QED) is 0.422. The van der Waals surface area contributed by atoms with Gasteiger partial charge in [0.2, 0.25) is 0 Å². The van der Waals surface area contributed by atoms with E-state index in [9.17, 15) is 14.2 Å². The number of esters is 1. The van der Waals surface area contributed by atoms with Gasteiger partial charge in [0.15, 0.2) is 0 Å². The van der Waals surface area contributed by atoms with Crippen molar-refractivity contribution in [3.63, 3.8) is 0 Å². The van der Waals surface area contributed by atoms with Crippen molar-refractivity contribution in [3.8, 4) is 0 Å². The van der Waals surface area contributed by atoms with Crippen LogP contribution in [0.25, 0.3) is 0 Å². The fourth-order valence-corrected chi connectivity index (χ4v) is 3.62. The highest BCUT2D eigenvalue weighted by Crippen LogP contribution is 2.47. The van der Waals surface area contributed by atoms with Crippen LogP contribution in [0.15, 0.2) is 60.7 Å². The lowest BCUT2D eigenvalue weighted by atomic mass is 10.2. The van der Waals surface area contributed by atoms with E-state index in [0.29, 0.717) is 0 Å². The van der Waals surface area contributed by atoms with Crippen molar-refractivity contribution in [1.82, 2.24) is 5.32 Å². The highest BCUT2D eigenvalue weighted by atomic mass is 31.2. The second-order valence-corrected chi connectivity index (χ2v) is 8.74. The molecule has 0 spiro atoms. The summed E-state index contributed by atoms with van der Waals surface area (Å²) in [5, 5.41) is 2.48. The summed E-state index contributed by atoms with van der Waals surface area (Å²) in [7, 11) is -0.841. The molecule has 0 aliphatic rings. The normalized spacial score (nSPS) is 12.1. The number of amides is 1. The molecule has 8 nitrogen and oxygen atoms in total. The predicted molar refractivity (Wildman–Crippen MR) is 111 cm³/mol. The lowest BCUT2D eigenvalue weighted by molar-refractivity contribution is -0.147. The Morgan fingerprint density at radius 3 is 1.87 bits per heavy atom. The maximum Gasteiger partial charge on any atom is 0.408 e. The third kappa shape index (κ3) is 7.99. The Morgan fingerprint density at radius 2 is 1.37 bits per heavy atom. The van der Waals surface area contributed by atoms with E-state index in [1.807, 2.05) is 60.7 Å². The SMILES string of the molecule is COP(=O)(CCC(NC(=O)OCc1ccccc1)C(=O)OCc1ccccc1)OC. The average molecular weight is 435 g/mol. The number of nitrogens with one attached hydrogen (secondary N) is 1. The van der Waals surface area contributed by atoms with Crippen LogP contribution in [0, 0.1) is 0 Å². The molecule has 2 aromatic rings. The van der Waals surface area contributed by atoms with E-state index >= 15 is 0 Å². The summed E-state index contributed by atoms with van der Waals surface area (Å²) in [5.41, 5.74) is 1.61. The maximum absolute atomic E-state index is 12.6. The topological polar surface area (TPSA) is 100 Å². The lowest BCUT2D eigenvalue weighted by Crippen LogP contribution is -2.42. The van der Waals surface area contributed by atoms with Crippen LogP contribution >= 0.6 is 7.60 Å². The number of carbonyl (C=O) groups is 2. The van der Waals surface area contributed by atoms with E-state index in [-0.39, 0.29) is 25.8 Å². The summed E-state index contributed by atoms with van der Waals surface area (Å²) < 4.78 is 32.6. The third-order valence-electron chi connectivity index (χ3n) is 4.26. The van der Waals surface area contributed by atoms with Crippen LogP contribution in [0.1, 0.15) is 17.5 Å². The van der Waals surface area contributed by atoms with Gasteiger partial charge >= 0.3 is 19.7 Å². The minimum Gasteiger partial charge on any atom is -0.459 e. The Bertz CT molecular complexity index is 837. The Hall–Kier alpha value is -2.67. The first-order valence-corrected chi connectivity index (χ1v) is 11.1. The monoisotopic (exact) mass is 435 g/mol. The zero-order chi connectivity index (χ0) is 21.8. The van der Waals surface area contributed by atoms with Gasteiger partial charge in [0.1, 0.15) is 19.3 Å². The first kappa shape index (κ1) is 23.6. The standard InChI is InChI=1S/C21H26NO7P/c1-26-30(25,27-2)14-13-19(20(23)28-15-17-9-5-3-6-10-17)22-21(24)29-16-18-11-7-4-8-12-18/h3-12,19H,13-16H2,1-2H3,(H,22,24). The van der Waals surface area contributed by atoms with Crippen LogP contribution in [-0.4, -0.2) is 38.5 Å². The molecule has 0 saturated carbocycles. The molecule has 1 unspecified atom stereocenters. The molecule has 2 rings (SSSR count). The number of benzene rings is 2. The summed E-state index contributed by atoms with van der Waals surface area (Å²) in [6.45, 7) is 0.0935. The molecule has 0 radical (unpaired) electrons. The fourth-order valence-electron chi connectivity index (χ4n) is 2.53. The van der Waals surface area contributed by atoms with Crippen molar-refractivity contribution in [1.29, 1.82) is 0 Å². The Morgan fingerprint density at radius 1 is 0.867 bits per heavy atom. The van der Waals surface area contributed by atoms with Crippen molar-refractivity contribution in [2.24, 2.45) is 0 Å². The number of hydrogen-bond acceptors (Lipinski definition) is 7. The summed E-state index contributed by atoms with van der Waals surface area (Å²) in [5.74, 6) is -0.672. The van der Waals surface area contributed by atoms with Crippen LogP contribution in [0.3, 0.4) is 0 Å². The Labute approximate surface area is 176 Å². The predicted octanol–water partition coefficient (Wildman–Crippen LogP) is 3.90. The zero-order valence-electron chi connectivity index (χ0n) is 17.0. The zero-order valence-corrected chi connectivity index (χ0v) is 17.9. The van der Waals surface area contributed by atoms with E-state index in [4.69, 9.17) is 18.5 Å². The largest absolute Gasteiger partial charge is 0.459 e. The van der Waals surface area contributed by atoms with Gasteiger partial charge in [-0.15, -0.1) is 0 Å². The first-order chi connectivity index (χ1) is 14.5. The first-order valence-electron chi connectivity index (χ1n) is 9.34. The summed E-state index contributed by atoms with van der Waals surface area (Å²) in [4.78, 5) is 24.8. The van der Waals surface area contributed by atoms with E-state index < -0.39 is 25.7 Å². The van der Waals surface area contributed by atoms with Crippen molar-refractivity contribution in [2.75, 3.05) is 20.4 Å². The van der Waals surface area contributed by atoms with Crippen molar-refractivity contribution < 1.29 is 32.7 Å². The van der Waals surface area contributed by atoms with Gasteiger partial charge in [-0.2, -0.15) is 0 Å². The average Bonchev–Trinajstić information content (AvgIpc) is 2.80. The van der Waals surface area contributed by atoms with Crippen LogP contribution in [0.2, 0.25) is 0 Å². The molecule has 1 atom stereocenters. The summed E-state index contributed by atoms with van der Waals surface area (Å²) >= 11 is 0. The number of rotatable bonds is 11. The highest BCUT2D eigenvalue weighted by Gasteiger charge is 2.29. The van der Waals surface area contributed by atoms with Gasteiger partial charge < -0.3 is 23.8 Å². The molecular weight excluding hydrogens is 409 g/mol. The molecule has 0 aliphatic carbocycles. The van der Waals surface area contributed by atoms with E-state index in [1.54, 1.807) is 0 Å². The number of ether oxygens (including phenoxy) is 2. The van der Waals surface area contributed by atoms with Crippen LogP contribution in [0.4, 0.5) is 4.79 Å². The van der Waals surface area contributed by atoms with Gasteiger partial charge in [0.25, 0.3) is 0 Å². The molecule has 0 heterocycles. The number of alkyl carbamates (subject to hydrolysis) is 1. The summed E-state index contributed by atoms with van der Waals surface area (Å²) in [6.07, 6.45) is -0.873.